The molecule has 1 saturated heterocycles. The van der Waals surface area contributed by atoms with Crippen molar-refractivity contribution in [1.82, 2.24) is 10.2 Å². The van der Waals surface area contributed by atoms with Gasteiger partial charge in [-0.3, -0.25) is 5.32 Å². The normalized spacial score (nSPS) is 21.4. The van der Waals surface area contributed by atoms with Gasteiger partial charge < -0.3 is 9.64 Å². The second kappa shape index (κ2) is 8.47. The summed E-state index contributed by atoms with van der Waals surface area (Å²) in [4.78, 5) is 2.39. The largest absolute Gasteiger partial charge is 0.377 e. The van der Waals surface area contributed by atoms with Crippen molar-refractivity contribution in [3.63, 3.8) is 0 Å². The number of ether oxygens (including phenoxy) is 1. The molecule has 0 bridgehead atoms. The lowest BCUT2D eigenvalue weighted by Crippen LogP contribution is -2.39. The lowest BCUT2D eigenvalue weighted by molar-refractivity contribution is 0.0739. The summed E-state index contributed by atoms with van der Waals surface area (Å²) in [5, 5.41) is 12.4. The SMILES string of the molecule is CCN(CCC(C#N)NC(C)C)CC1CCCO1. The molecular weight excluding hydrogens is 226 g/mol. The van der Waals surface area contributed by atoms with Crippen molar-refractivity contribution in [2.75, 3.05) is 26.2 Å². The Morgan fingerprint density at radius 2 is 2.28 bits per heavy atom. The van der Waals surface area contributed by atoms with E-state index >= 15 is 0 Å². The number of hydrogen-bond acceptors (Lipinski definition) is 4. The van der Waals surface area contributed by atoms with Crippen molar-refractivity contribution < 1.29 is 4.74 Å². The van der Waals surface area contributed by atoms with Crippen LogP contribution in [-0.2, 0) is 4.74 Å². The van der Waals surface area contributed by atoms with Crippen LogP contribution in [0.4, 0.5) is 0 Å². The van der Waals surface area contributed by atoms with E-state index in [2.05, 4.69) is 37.1 Å². The number of hydrogen-bond donors (Lipinski definition) is 1. The third-order valence-electron chi connectivity index (χ3n) is 3.36. The molecule has 2 atom stereocenters. The summed E-state index contributed by atoms with van der Waals surface area (Å²) in [6.07, 6.45) is 3.67. The molecule has 1 fully saturated rings. The lowest BCUT2D eigenvalue weighted by Gasteiger charge is -2.25. The van der Waals surface area contributed by atoms with Crippen LogP contribution in [0.25, 0.3) is 0 Å². The van der Waals surface area contributed by atoms with Gasteiger partial charge in [0.15, 0.2) is 0 Å². The van der Waals surface area contributed by atoms with E-state index in [1.165, 1.54) is 12.8 Å². The molecule has 0 amide bonds. The van der Waals surface area contributed by atoms with Crippen LogP contribution in [0.2, 0.25) is 0 Å². The molecule has 18 heavy (non-hydrogen) atoms. The van der Waals surface area contributed by atoms with Gasteiger partial charge in [0.25, 0.3) is 0 Å². The van der Waals surface area contributed by atoms with Gasteiger partial charge in [0, 0.05) is 25.7 Å². The Balaban J connectivity index is 2.26. The van der Waals surface area contributed by atoms with E-state index in [-0.39, 0.29) is 6.04 Å². The van der Waals surface area contributed by atoms with Gasteiger partial charge in [-0.25, -0.2) is 0 Å². The Morgan fingerprint density at radius 1 is 1.50 bits per heavy atom. The van der Waals surface area contributed by atoms with Crippen LogP contribution < -0.4 is 5.32 Å². The molecule has 1 rings (SSSR count). The molecule has 0 saturated carbocycles. The lowest BCUT2D eigenvalue weighted by atomic mass is 10.1. The predicted molar refractivity (Wildman–Crippen MR) is 73.4 cm³/mol. The molecule has 2 unspecified atom stereocenters. The number of likely N-dealkylation sites (N-methyl/N-ethyl adjacent to an activating group) is 1. The molecule has 1 aliphatic rings. The van der Waals surface area contributed by atoms with Crippen molar-refractivity contribution >= 4 is 0 Å². The molecular formula is C14H27N3O. The molecule has 4 nitrogen and oxygen atoms in total. The van der Waals surface area contributed by atoms with Crippen LogP contribution >= 0.6 is 0 Å². The van der Waals surface area contributed by atoms with Crippen molar-refractivity contribution in [1.29, 1.82) is 5.26 Å². The van der Waals surface area contributed by atoms with E-state index in [9.17, 15) is 0 Å². The second-order valence-electron chi connectivity index (χ2n) is 5.32. The summed E-state index contributed by atoms with van der Waals surface area (Å²) in [5.74, 6) is 0. The zero-order chi connectivity index (χ0) is 13.4. The zero-order valence-corrected chi connectivity index (χ0v) is 12.0. The average Bonchev–Trinajstić information content (AvgIpc) is 2.84. The van der Waals surface area contributed by atoms with Gasteiger partial charge in [-0.05, 0) is 39.7 Å². The molecule has 1 aliphatic heterocycles. The first-order valence-electron chi connectivity index (χ1n) is 7.15. The van der Waals surface area contributed by atoms with Crippen LogP contribution in [0.1, 0.15) is 40.0 Å². The molecule has 0 aromatic carbocycles. The monoisotopic (exact) mass is 253 g/mol. The zero-order valence-electron chi connectivity index (χ0n) is 12.0. The summed E-state index contributed by atoms with van der Waals surface area (Å²) < 4.78 is 5.66. The average molecular weight is 253 g/mol. The predicted octanol–water partition coefficient (Wildman–Crippen LogP) is 1.77. The molecule has 0 aliphatic carbocycles. The van der Waals surface area contributed by atoms with Gasteiger partial charge in [-0.2, -0.15) is 5.26 Å². The van der Waals surface area contributed by atoms with E-state index in [4.69, 9.17) is 10.00 Å². The highest BCUT2D eigenvalue weighted by Gasteiger charge is 2.19. The van der Waals surface area contributed by atoms with E-state index in [0.717, 1.165) is 32.7 Å². The van der Waals surface area contributed by atoms with Crippen LogP contribution in [0.15, 0.2) is 0 Å². The molecule has 104 valence electrons. The molecule has 0 aromatic rings. The van der Waals surface area contributed by atoms with Crippen LogP contribution in [0.5, 0.6) is 0 Å². The highest BCUT2D eigenvalue weighted by atomic mass is 16.5. The minimum atomic E-state index is -0.0384. The molecule has 0 spiro atoms. The maximum atomic E-state index is 9.09. The minimum Gasteiger partial charge on any atom is -0.377 e. The smallest absolute Gasteiger partial charge is 0.0967 e. The highest BCUT2D eigenvalue weighted by Crippen LogP contribution is 2.13. The minimum absolute atomic E-state index is 0.0384. The van der Waals surface area contributed by atoms with Crippen molar-refractivity contribution in [3.8, 4) is 6.07 Å². The number of nitriles is 1. The first-order chi connectivity index (χ1) is 8.65. The Bertz CT molecular complexity index is 256. The highest BCUT2D eigenvalue weighted by molar-refractivity contribution is 4.91. The quantitative estimate of drug-likeness (QED) is 0.716. The standard InChI is InChI=1S/C14H27N3O/c1-4-17(11-14-6-5-9-18-14)8-7-13(10-15)16-12(2)3/h12-14,16H,4-9,11H2,1-3H3. The van der Waals surface area contributed by atoms with Crippen molar-refractivity contribution in [2.24, 2.45) is 0 Å². The van der Waals surface area contributed by atoms with Gasteiger partial charge in [-0.1, -0.05) is 6.92 Å². The van der Waals surface area contributed by atoms with Crippen LogP contribution in [0.3, 0.4) is 0 Å². The fourth-order valence-corrected chi connectivity index (χ4v) is 2.35. The maximum absolute atomic E-state index is 9.09. The Morgan fingerprint density at radius 3 is 2.78 bits per heavy atom. The van der Waals surface area contributed by atoms with Gasteiger partial charge in [0.1, 0.15) is 0 Å². The summed E-state index contributed by atoms with van der Waals surface area (Å²) in [6, 6.07) is 2.66. The van der Waals surface area contributed by atoms with E-state index < -0.39 is 0 Å². The molecule has 4 heteroatoms. The van der Waals surface area contributed by atoms with Gasteiger partial charge in [-0.15, -0.1) is 0 Å². The molecule has 0 aromatic heterocycles. The Hall–Kier alpha value is -0.630. The number of nitrogens with one attached hydrogen (secondary N) is 1. The summed E-state index contributed by atoms with van der Waals surface area (Å²) in [5.41, 5.74) is 0. The molecule has 1 heterocycles. The maximum Gasteiger partial charge on any atom is 0.0967 e. The van der Waals surface area contributed by atoms with E-state index in [1.807, 2.05) is 0 Å². The second-order valence-corrected chi connectivity index (χ2v) is 5.32. The Kier molecular flexibility index (Phi) is 7.26. The van der Waals surface area contributed by atoms with Crippen LogP contribution in [0, 0.1) is 11.3 Å². The summed E-state index contributed by atoms with van der Waals surface area (Å²) >= 11 is 0. The number of nitrogens with zero attached hydrogens (tertiary/aromatic N) is 2. The first-order valence-corrected chi connectivity index (χ1v) is 7.15. The van der Waals surface area contributed by atoms with Crippen molar-refractivity contribution in [3.05, 3.63) is 0 Å². The van der Waals surface area contributed by atoms with Gasteiger partial charge in [0.05, 0.1) is 18.2 Å². The Labute approximate surface area is 111 Å². The van der Waals surface area contributed by atoms with Crippen molar-refractivity contribution in [2.45, 2.75) is 58.2 Å². The third-order valence-corrected chi connectivity index (χ3v) is 3.36. The first kappa shape index (κ1) is 15.4. The summed E-state index contributed by atoms with van der Waals surface area (Å²) in [6.45, 7) is 10.2. The number of rotatable bonds is 8. The summed E-state index contributed by atoms with van der Waals surface area (Å²) in [7, 11) is 0. The molecule has 1 N–H and O–H groups in total. The fourth-order valence-electron chi connectivity index (χ4n) is 2.35. The third kappa shape index (κ3) is 5.81. The van der Waals surface area contributed by atoms with E-state index in [0.29, 0.717) is 12.1 Å². The van der Waals surface area contributed by atoms with Gasteiger partial charge >= 0.3 is 0 Å². The van der Waals surface area contributed by atoms with Gasteiger partial charge in [0.2, 0.25) is 0 Å². The van der Waals surface area contributed by atoms with Crippen LogP contribution in [-0.4, -0.2) is 49.3 Å². The fraction of sp³-hybridized carbons (Fsp3) is 0.929. The molecule has 0 radical (unpaired) electrons. The topological polar surface area (TPSA) is 48.3 Å². The van der Waals surface area contributed by atoms with E-state index in [1.54, 1.807) is 0 Å².